The van der Waals surface area contributed by atoms with Crippen molar-refractivity contribution in [3.05, 3.63) is 52.5 Å². The van der Waals surface area contributed by atoms with Crippen LogP contribution in [-0.2, 0) is 4.79 Å². The largest absolute Gasteiger partial charge is 0.550 e. The van der Waals surface area contributed by atoms with Crippen LogP contribution in [0.5, 0.6) is 11.5 Å². The summed E-state index contributed by atoms with van der Waals surface area (Å²) in [6.45, 7) is 0.222. The summed E-state index contributed by atoms with van der Waals surface area (Å²) in [6.07, 6.45) is -0.104. The van der Waals surface area contributed by atoms with Gasteiger partial charge in [-0.25, -0.2) is 0 Å². The molecule has 21 heavy (non-hydrogen) atoms. The fourth-order valence-electron chi connectivity index (χ4n) is 1.66. The van der Waals surface area contributed by atoms with Gasteiger partial charge >= 0.3 is 0 Å². The summed E-state index contributed by atoms with van der Waals surface area (Å²) in [4.78, 5) is 10.4. The molecule has 0 heterocycles. The summed E-state index contributed by atoms with van der Waals surface area (Å²) in [5.74, 6) is 0.0365. The molecule has 0 saturated carbocycles. The number of carbonyl (C=O) groups is 1. The molecular formula is C15H12Cl2NO3-. The van der Waals surface area contributed by atoms with E-state index in [9.17, 15) is 9.90 Å². The van der Waals surface area contributed by atoms with E-state index in [4.69, 9.17) is 27.9 Å². The van der Waals surface area contributed by atoms with Gasteiger partial charge in [0.1, 0.15) is 5.75 Å². The number of hydrogen-bond donors (Lipinski definition) is 1. The molecular weight excluding hydrogens is 313 g/mol. The lowest BCUT2D eigenvalue weighted by atomic mass is 10.2. The summed E-state index contributed by atoms with van der Waals surface area (Å²) in [5.41, 5.74) is 0.610. The Morgan fingerprint density at radius 1 is 1.10 bits per heavy atom. The highest BCUT2D eigenvalue weighted by Crippen LogP contribution is 2.32. The first-order valence-electron chi connectivity index (χ1n) is 6.21. The molecule has 0 amide bonds. The van der Waals surface area contributed by atoms with E-state index in [1.54, 1.807) is 42.5 Å². The van der Waals surface area contributed by atoms with Gasteiger partial charge in [-0.2, -0.15) is 0 Å². The van der Waals surface area contributed by atoms with Gasteiger partial charge in [0, 0.05) is 29.0 Å². The van der Waals surface area contributed by atoms with Gasteiger partial charge in [-0.1, -0.05) is 23.2 Å². The number of carboxylic acids is 1. The molecule has 0 bridgehead atoms. The van der Waals surface area contributed by atoms with Crippen LogP contribution in [0, 0.1) is 0 Å². The Bertz CT molecular complexity index is 629. The van der Waals surface area contributed by atoms with E-state index >= 15 is 0 Å². The maximum atomic E-state index is 10.4. The molecule has 1 N–H and O–H groups in total. The molecule has 6 heteroatoms. The number of rotatable bonds is 6. The highest BCUT2D eigenvalue weighted by atomic mass is 35.5. The molecule has 0 spiro atoms. The SMILES string of the molecule is O=C([O-])CCNc1cc(Cl)ccc1Oc1ccc(Cl)cc1. The van der Waals surface area contributed by atoms with Crippen LogP contribution in [0.4, 0.5) is 5.69 Å². The van der Waals surface area contributed by atoms with Crippen LogP contribution in [0.3, 0.4) is 0 Å². The van der Waals surface area contributed by atoms with E-state index in [-0.39, 0.29) is 13.0 Å². The molecule has 2 rings (SSSR count). The molecule has 0 atom stereocenters. The fourth-order valence-corrected chi connectivity index (χ4v) is 1.96. The minimum Gasteiger partial charge on any atom is -0.550 e. The highest BCUT2D eigenvalue weighted by Gasteiger charge is 2.06. The summed E-state index contributed by atoms with van der Waals surface area (Å²) < 4.78 is 5.73. The monoisotopic (exact) mass is 324 g/mol. The number of anilines is 1. The molecule has 0 aliphatic rings. The Balaban J connectivity index is 2.14. The Morgan fingerprint density at radius 3 is 2.43 bits per heavy atom. The molecule has 2 aromatic rings. The maximum absolute atomic E-state index is 10.4. The van der Waals surface area contributed by atoms with E-state index in [2.05, 4.69) is 5.32 Å². The molecule has 0 radical (unpaired) electrons. The zero-order chi connectivity index (χ0) is 15.2. The van der Waals surface area contributed by atoms with E-state index in [0.29, 0.717) is 27.2 Å². The van der Waals surface area contributed by atoms with Crippen LogP contribution < -0.4 is 15.2 Å². The number of nitrogens with one attached hydrogen (secondary N) is 1. The second kappa shape index (κ2) is 7.20. The third-order valence-corrected chi connectivity index (χ3v) is 3.11. The first-order chi connectivity index (χ1) is 10.0. The Kier molecular flexibility index (Phi) is 5.31. The Hall–Kier alpha value is -1.91. The van der Waals surface area contributed by atoms with E-state index < -0.39 is 5.97 Å². The second-order valence-corrected chi connectivity index (χ2v) is 5.12. The van der Waals surface area contributed by atoms with E-state index in [1.165, 1.54) is 0 Å². The highest BCUT2D eigenvalue weighted by molar-refractivity contribution is 6.31. The van der Waals surface area contributed by atoms with Crippen molar-refractivity contribution in [2.24, 2.45) is 0 Å². The average Bonchev–Trinajstić information content (AvgIpc) is 2.43. The van der Waals surface area contributed by atoms with Crippen molar-refractivity contribution in [1.29, 1.82) is 0 Å². The second-order valence-electron chi connectivity index (χ2n) is 4.25. The zero-order valence-electron chi connectivity index (χ0n) is 10.9. The first kappa shape index (κ1) is 15.5. The van der Waals surface area contributed by atoms with Crippen molar-refractivity contribution >= 4 is 34.9 Å². The molecule has 0 fully saturated rings. The summed E-state index contributed by atoms with van der Waals surface area (Å²) in [5, 5.41) is 14.5. The van der Waals surface area contributed by atoms with Crippen LogP contribution in [0.1, 0.15) is 6.42 Å². The average molecular weight is 325 g/mol. The predicted octanol–water partition coefficient (Wildman–Crippen LogP) is 3.34. The predicted molar refractivity (Wildman–Crippen MR) is 81.1 cm³/mol. The molecule has 0 aliphatic heterocycles. The number of benzene rings is 2. The molecule has 0 aromatic heterocycles. The van der Waals surface area contributed by atoms with Crippen LogP contribution in [0.15, 0.2) is 42.5 Å². The number of hydrogen-bond acceptors (Lipinski definition) is 4. The van der Waals surface area contributed by atoms with Crippen LogP contribution in [0.25, 0.3) is 0 Å². The Labute approximate surface area is 132 Å². The molecule has 4 nitrogen and oxygen atoms in total. The molecule has 0 unspecified atom stereocenters. The van der Waals surface area contributed by atoms with Crippen molar-refractivity contribution in [3.8, 4) is 11.5 Å². The number of aliphatic carboxylic acids is 1. The van der Waals surface area contributed by atoms with Crippen LogP contribution in [0.2, 0.25) is 10.0 Å². The van der Waals surface area contributed by atoms with Crippen LogP contribution >= 0.6 is 23.2 Å². The number of halogens is 2. The topological polar surface area (TPSA) is 61.4 Å². The van der Waals surface area contributed by atoms with Crippen molar-refractivity contribution in [1.82, 2.24) is 0 Å². The third-order valence-electron chi connectivity index (χ3n) is 2.63. The van der Waals surface area contributed by atoms with Gasteiger partial charge in [0.25, 0.3) is 0 Å². The third kappa shape index (κ3) is 4.85. The number of carboxylic acid groups (broad SMARTS) is 1. The van der Waals surface area contributed by atoms with Crippen molar-refractivity contribution < 1.29 is 14.6 Å². The van der Waals surface area contributed by atoms with Gasteiger partial charge in [-0.15, -0.1) is 0 Å². The minimum absolute atomic E-state index is 0.104. The van der Waals surface area contributed by atoms with E-state index in [0.717, 1.165) is 0 Å². The molecule has 0 saturated heterocycles. The standard InChI is InChI=1S/C15H13Cl2NO3/c16-10-1-4-12(5-2-10)21-14-6-3-11(17)9-13(14)18-8-7-15(19)20/h1-6,9,18H,7-8H2,(H,19,20)/p-1. The van der Waals surface area contributed by atoms with Gasteiger partial charge in [-0.05, 0) is 42.5 Å². The zero-order valence-corrected chi connectivity index (χ0v) is 12.4. The first-order valence-corrected chi connectivity index (χ1v) is 6.97. The summed E-state index contributed by atoms with van der Waals surface area (Å²) in [6, 6.07) is 12.0. The quantitative estimate of drug-likeness (QED) is 0.885. The smallest absolute Gasteiger partial charge is 0.150 e. The van der Waals surface area contributed by atoms with Gasteiger partial charge in [0.15, 0.2) is 5.75 Å². The Morgan fingerprint density at radius 2 is 1.76 bits per heavy atom. The molecule has 0 aliphatic carbocycles. The van der Waals surface area contributed by atoms with Gasteiger partial charge in [0.2, 0.25) is 0 Å². The van der Waals surface area contributed by atoms with Gasteiger partial charge in [0.05, 0.1) is 5.69 Å². The minimum atomic E-state index is -1.12. The normalized spacial score (nSPS) is 10.2. The number of carbonyl (C=O) groups excluding carboxylic acids is 1. The lowest BCUT2D eigenvalue weighted by molar-refractivity contribution is -0.305. The number of ether oxygens (including phenoxy) is 1. The van der Waals surface area contributed by atoms with Crippen LogP contribution in [-0.4, -0.2) is 12.5 Å². The molecule has 2 aromatic carbocycles. The lowest BCUT2D eigenvalue weighted by Crippen LogP contribution is -2.24. The molecule has 110 valence electrons. The summed E-state index contributed by atoms with van der Waals surface area (Å²) in [7, 11) is 0. The van der Waals surface area contributed by atoms with E-state index in [1.807, 2.05) is 0 Å². The van der Waals surface area contributed by atoms with Crippen molar-refractivity contribution in [2.45, 2.75) is 6.42 Å². The lowest BCUT2D eigenvalue weighted by Gasteiger charge is -2.14. The maximum Gasteiger partial charge on any atom is 0.150 e. The van der Waals surface area contributed by atoms with Crippen molar-refractivity contribution in [2.75, 3.05) is 11.9 Å². The van der Waals surface area contributed by atoms with Gasteiger partial charge < -0.3 is 20.0 Å². The van der Waals surface area contributed by atoms with Crippen molar-refractivity contribution in [3.63, 3.8) is 0 Å². The fraction of sp³-hybridized carbons (Fsp3) is 0.133. The van der Waals surface area contributed by atoms with Gasteiger partial charge in [-0.3, -0.25) is 0 Å². The summed E-state index contributed by atoms with van der Waals surface area (Å²) >= 11 is 11.8.